The molecule has 0 bridgehead atoms. The number of nitrogens with zero attached hydrogens (tertiary/aromatic N) is 3. The van der Waals surface area contributed by atoms with Crippen molar-refractivity contribution in [3.63, 3.8) is 0 Å². The molecule has 19 heavy (non-hydrogen) atoms. The second-order valence-electron chi connectivity index (χ2n) is 4.04. The summed E-state index contributed by atoms with van der Waals surface area (Å²) in [5, 5.41) is 16.3. The first kappa shape index (κ1) is 12.9. The molecule has 5 nitrogen and oxygen atoms in total. The highest BCUT2D eigenvalue weighted by molar-refractivity contribution is 5.63. The number of nitrogen functional groups attached to an aromatic ring is 1. The largest absolute Gasteiger partial charge is 0.383 e. The van der Waals surface area contributed by atoms with Crippen molar-refractivity contribution in [1.29, 1.82) is 5.26 Å². The van der Waals surface area contributed by atoms with Crippen LogP contribution in [0.25, 0.3) is 0 Å². The lowest BCUT2D eigenvalue weighted by Gasteiger charge is -2.04. The van der Waals surface area contributed by atoms with Crippen LogP contribution in [0.5, 0.6) is 0 Å². The predicted molar refractivity (Wildman–Crippen MR) is 71.0 cm³/mol. The van der Waals surface area contributed by atoms with Crippen LogP contribution >= 0.6 is 0 Å². The minimum absolute atomic E-state index is 0.280. The van der Waals surface area contributed by atoms with E-state index in [0.717, 1.165) is 5.56 Å². The maximum Gasteiger partial charge on any atom is 0.168 e. The van der Waals surface area contributed by atoms with Crippen molar-refractivity contribution in [3.05, 3.63) is 41.2 Å². The number of nitrogens with one attached hydrogen (secondary N) is 1. The number of nitrogens with two attached hydrogens (primary N) is 1. The number of benzene rings is 1. The molecule has 3 N–H and O–H groups in total. The van der Waals surface area contributed by atoms with Crippen molar-refractivity contribution in [2.45, 2.75) is 13.5 Å². The second kappa shape index (κ2) is 5.40. The molecule has 1 aromatic heterocycles. The fourth-order valence-electron chi connectivity index (χ4n) is 1.81. The first-order valence-electron chi connectivity index (χ1n) is 5.90. The minimum atomic E-state index is -0.310. The molecular formula is C13H14FN5. The van der Waals surface area contributed by atoms with Gasteiger partial charge in [-0.15, -0.1) is 0 Å². The lowest BCUT2D eigenvalue weighted by atomic mass is 10.2. The highest BCUT2D eigenvalue weighted by atomic mass is 19.1. The molecule has 0 saturated carbocycles. The number of anilines is 2. The van der Waals surface area contributed by atoms with Gasteiger partial charge < -0.3 is 11.1 Å². The molecule has 0 spiro atoms. The van der Waals surface area contributed by atoms with Gasteiger partial charge in [-0.1, -0.05) is 12.1 Å². The fraction of sp³-hybridized carbons (Fsp3) is 0.231. The second-order valence-corrected chi connectivity index (χ2v) is 4.04. The Morgan fingerprint density at radius 2 is 2.32 bits per heavy atom. The summed E-state index contributed by atoms with van der Waals surface area (Å²) in [4.78, 5) is 0. The summed E-state index contributed by atoms with van der Waals surface area (Å²) in [7, 11) is 0. The number of hydrogen-bond acceptors (Lipinski definition) is 4. The van der Waals surface area contributed by atoms with Crippen LogP contribution in [-0.2, 0) is 6.54 Å². The molecule has 98 valence electrons. The van der Waals surface area contributed by atoms with Gasteiger partial charge in [0.05, 0.1) is 6.54 Å². The van der Waals surface area contributed by atoms with E-state index in [0.29, 0.717) is 24.5 Å². The van der Waals surface area contributed by atoms with Gasteiger partial charge in [0.25, 0.3) is 0 Å². The number of nitriles is 1. The van der Waals surface area contributed by atoms with Crippen molar-refractivity contribution in [3.8, 4) is 6.07 Å². The van der Waals surface area contributed by atoms with Gasteiger partial charge in [0.15, 0.2) is 5.82 Å². The summed E-state index contributed by atoms with van der Waals surface area (Å²) < 4.78 is 14.6. The van der Waals surface area contributed by atoms with Crippen molar-refractivity contribution in [2.75, 3.05) is 17.6 Å². The Labute approximate surface area is 110 Å². The summed E-state index contributed by atoms with van der Waals surface area (Å²) in [5.74, 6) is 0.428. The smallest absolute Gasteiger partial charge is 0.168 e. The molecule has 0 aliphatic rings. The average molecular weight is 259 g/mol. The lowest BCUT2D eigenvalue weighted by Crippen LogP contribution is -2.06. The van der Waals surface area contributed by atoms with Crippen molar-refractivity contribution in [1.82, 2.24) is 9.78 Å². The molecule has 0 aliphatic heterocycles. The summed E-state index contributed by atoms with van der Waals surface area (Å²) >= 11 is 0. The van der Waals surface area contributed by atoms with E-state index in [1.165, 1.54) is 16.8 Å². The number of rotatable bonds is 4. The zero-order valence-corrected chi connectivity index (χ0v) is 10.5. The minimum Gasteiger partial charge on any atom is -0.383 e. The molecule has 6 heteroatoms. The highest BCUT2D eigenvalue weighted by Crippen LogP contribution is 2.21. The molecule has 1 aromatic carbocycles. The van der Waals surface area contributed by atoms with Gasteiger partial charge in [-0.3, -0.25) is 0 Å². The van der Waals surface area contributed by atoms with Gasteiger partial charge >= 0.3 is 0 Å². The zero-order valence-electron chi connectivity index (χ0n) is 10.5. The van der Waals surface area contributed by atoms with Crippen LogP contribution in [0.2, 0.25) is 0 Å². The van der Waals surface area contributed by atoms with Crippen LogP contribution in [-0.4, -0.2) is 16.3 Å². The third kappa shape index (κ3) is 2.65. The average Bonchev–Trinajstić information content (AvgIpc) is 2.66. The Kier molecular flexibility index (Phi) is 3.66. The van der Waals surface area contributed by atoms with Crippen molar-refractivity contribution >= 4 is 11.6 Å². The normalized spacial score (nSPS) is 10.2. The molecule has 2 rings (SSSR count). The van der Waals surface area contributed by atoms with Gasteiger partial charge in [0.2, 0.25) is 0 Å². The Morgan fingerprint density at radius 1 is 1.53 bits per heavy atom. The maximum atomic E-state index is 13.1. The Balaban J connectivity index is 2.33. The van der Waals surface area contributed by atoms with Crippen LogP contribution in [0.4, 0.5) is 16.0 Å². The summed E-state index contributed by atoms with van der Waals surface area (Å²) in [6.07, 6.45) is 0. The quantitative estimate of drug-likeness (QED) is 0.879. The molecule has 0 amide bonds. The van der Waals surface area contributed by atoms with Crippen LogP contribution in [0.3, 0.4) is 0 Å². The molecule has 2 aromatic rings. The molecule has 0 unspecified atom stereocenters. The topological polar surface area (TPSA) is 79.7 Å². The van der Waals surface area contributed by atoms with Gasteiger partial charge in [0.1, 0.15) is 23.3 Å². The number of hydrogen-bond donors (Lipinski definition) is 2. The van der Waals surface area contributed by atoms with E-state index in [9.17, 15) is 4.39 Å². The number of aromatic nitrogens is 2. The number of halogens is 1. The van der Waals surface area contributed by atoms with E-state index in [2.05, 4.69) is 10.4 Å². The van der Waals surface area contributed by atoms with Crippen molar-refractivity contribution in [2.24, 2.45) is 0 Å². The van der Waals surface area contributed by atoms with Gasteiger partial charge in [-0.05, 0) is 24.6 Å². The van der Waals surface area contributed by atoms with E-state index in [4.69, 9.17) is 11.0 Å². The maximum absolute atomic E-state index is 13.1. The molecule has 1 heterocycles. The van der Waals surface area contributed by atoms with Crippen LogP contribution in [0, 0.1) is 17.1 Å². The summed E-state index contributed by atoms with van der Waals surface area (Å²) in [5.41, 5.74) is 6.93. The Bertz CT molecular complexity index is 626. The van der Waals surface area contributed by atoms with E-state index in [-0.39, 0.29) is 11.6 Å². The zero-order chi connectivity index (χ0) is 13.8. The third-order valence-electron chi connectivity index (χ3n) is 2.67. The summed E-state index contributed by atoms with van der Waals surface area (Å²) in [6.45, 7) is 2.87. The van der Waals surface area contributed by atoms with Gasteiger partial charge in [0, 0.05) is 6.54 Å². The Hall–Kier alpha value is -2.55. The molecule has 0 atom stereocenters. The predicted octanol–water partition coefficient (Wildman–Crippen LogP) is 1.96. The van der Waals surface area contributed by atoms with Crippen LogP contribution in [0.15, 0.2) is 24.3 Å². The van der Waals surface area contributed by atoms with Gasteiger partial charge in [-0.25, -0.2) is 9.07 Å². The lowest BCUT2D eigenvalue weighted by molar-refractivity contribution is 0.620. The molecular weight excluding hydrogens is 245 g/mol. The van der Waals surface area contributed by atoms with E-state index >= 15 is 0 Å². The molecule has 0 radical (unpaired) electrons. The van der Waals surface area contributed by atoms with Crippen molar-refractivity contribution < 1.29 is 4.39 Å². The SMILES string of the molecule is CCNc1nn(Cc2cccc(F)c2)c(N)c1C#N. The van der Waals surface area contributed by atoms with E-state index in [1.807, 2.05) is 13.0 Å². The van der Waals surface area contributed by atoms with Gasteiger partial charge in [-0.2, -0.15) is 10.4 Å². The first-order chi connectivity index (χ1) is 9.15. The fourth-order valence-corrected chi connectivity index (χ4v) is 1.81. The molecule has 0 fully saturated rings. The van der Waals surface area contributed by atoms with Crippen LogP contribution in [0.1, 0.15) is 18.1 Å². The molecule has 0 saturated heterocycles. The van der Waals surface area contributed by atoms with E-state index < -0.39 is 0 Å². The molecule has 0 aliphatic carbocycles. The summed E-state index contributed by atoms with van der Waals surface area (Å²) in [6, 6.07) is 8.22. The van der Waals surface area contributed by atoms with E-state index in [1.54, 1.807) is 12.1 Å². The Morgan fingerprint density at radius 3 is 2.95 bits per heavy atom. The standard InChI is InChI=1S/C13H14FN5/c1-2-17-13-11(7-15)12(16)19(18-13)8-9-4-3-5-10(14)6-9/h3-6H,2,8,16H2,1H3,(H,17,18). The van der Waals surface area contributed by atoms with Crippen LogP contribution < -0.4 is 11.1 Å². The monoisotopic (exact) mass is 259 g/mol. The first-order valence-corrected chi connectivity index (χ1v) is 5.90. The third-order valence-corrected chi connectivity index (χ3v) is 2.67. The highest BCUT2D eigenvalue weighted by Gasteiger charge is 2.14.